The van der Waals surface area contributed by atoms with Crippen LogP contribution in [0.2, 0.25) is 0 Å². The first-order chi connectivity index (χ1) is 8.75. The van der Waals surface area contributed by atoms with Gasteiger partial charge in [-0.2, -0.15) is 0 Å². The molecule has 0 heterocycles. The van der Waals surface area contributed by atoms with Crippen molar-refractivity contribution >= 4 is 15.5 Å². The van der Waals surface area contributed by atoms with Gasteiger partial charge >= 0.3 is 0 Å². The van der Waals surface area contributed by atoms with Crippen LogP contribution in [0.3, 0.4) is 0 Å². The third-order valence-electron chi connectivity index (χ3n) is 2.63. The van der Waals surface area contributed by atoms with E-state index in [1.165, 1.54) is 24.3 Å². The number of aliphatic hydroxyl groups excluding tert-OH is 2. The molecule has 1 rings (SSSR count). The zero-order valence-corrected chi connectivity index (χ0v) is 12.1. The lowest BCUT2D eigenvalue weighted by atomic mass is 10.0. The highest BCUT2D eigenvalue weighted by Crippen LogP contribution is 2.21. The SMILES string of the molecule is CC(C)=N[C@H](CO)[C@H](O)c1ccc(S(C)(=O)=O)cc1. The van der Waals surface area contributed by atoms with Gasteiger partial charge in [0, 0.05) is 12.0 Å². The van der Waals surface area contributed by atoms with Gasteiger partial charge in [0.25, 0.3) is 0 Å². The summed E-state index contributed by atoms with van der Waals surface area (Å²) in [7, 11) is -3.25. The Morgan fingerprint density at radius 1 is 1.26 bits per heavy atom. The van der Waals surface area contributed by atoms with E-state index in [1.54, 1.807) is 13.8 Å². The number of nitrogens with zero attached hydrogens (tertiary/aromatic N) is 1. The molecule has 0 unspecified atom stereocenters. The first kappa shape index (κ1) is 15.8. The molecule has 0 spiro atoms. The number of aliphatic hydroxyl groups is 2. The van der Waals surface area contributed by atoms with Gasteiger partial charge < -0.3 is 10.2 Å². The van der Waals surface area contributed by atoms with Crippen LogP contribution in [-0.2, 0) is 9.84 Å². The molecule has 0 aliphatic rings. The zero-order valence-electron chi connectivity index (χ0n) is 11.2. The van der Waals surface area contributed by atoms with Gasteiger partial charge in [-0.15, -0.1) is 0 Å². The molecule has 0 aromatic heterocycles. The average Bonchev–Trinajstić information content (AvgIpc) is 2.34. The van der Waals surface area contributed by atoms with Crippen LogP contribution in [0.1, 0.15) is 25.5 Å². The summed E-state index contributed by atoms with van der Waals surface area (Å²) in [4.78, 5) is 4.33. The molecule has 0 saturated carbocycles. The minimum Gasteiger partial charge on any atom is -0.394 e. The molecule has 6 heteroatoms. The summed E-state index contributed by atoms with van der Waals surface area (Å²) in [6.45, 7) is 3.28. The third kappa shape index (κ3) is 4.41. The lowest BCUT2D eigenvalue weighted by molar-refractivity contribution is 0.110. The fraction of sp³-hybridized carbons (Fsp3) is 0.462. The Labute approximate surface area is 113 Å². The molecule has 0 bridgehead atoms. The van der Waals surface area contributed by atoms with E-state index < -0.39 is 22.0 Å². The highest BCUT2D eigenvalue weighted by atomic mass is 32.2. The van der Waals surface area contributed by atoms with Crippen molar-refractivity contribution in [2.75, 3.05) is 12.9 Å². The molecule has 0 aliphatic heterocycles. The third-order valence-corrected chi connectivity index (χ3v) is 3.75. The minimum absolute atomic E-state index is 0.194. The van der Waals surface area contributed by atoms with Crippen LogP contribution in [0.15, 0.2) is 34.2 Å². The van der Waals surface area contributed by atoms with Crippen molar-refractivity contribution in [2.45, 2.75) is 30.9 Å². The van der Waals surface area contributed by atoms with Gasteiger partial charge in [-0.3, -0.25) is 4.99 Å². The van der Waals surface area contributed by atoms with Gasteiger partial charge in [0.2, 0.25) is 0 Å². The monoisotopic (exact) mass is 285 g/mol. The van der Waals surface area contributed by atoms with Crippen molar-refractivity contribution in [3.8, 4) is 0 Å². The largest absolute Gasteiger partial charge is 0.394 e. The second kappa shape index (κ2) is 6.27. The molecule has 2 N–H and O–H groups in total. The van der Waals surface area contributed by atoms with Crippen molar-refractivity contribution in [2.24, 2.45) is 4.99 Å². The van der Waals surface area contributed by atoms with Gasteiger partial charge in [-0.05, 0) is 31.5 Å². The average molecular weight is 285 g/mol. The molecule has 1 aromatic rings. The van der Waals surface area contributed by atoms with Crippen LogP contribution in [0.5, 0.6) is 0 Å². The van der Waals surface area contributed by atoms with E-state index in [0.717, 1.165) is 12.0 Å². The predicted molar refractivity (Wildman–Crippen MR) is 74.2 cm³/mol. The number of benzene rings is 1. The maximum absolute atomic E-state index is 11.3. The quantitative estimate of drug-likeness (QED) is 0.789. The molecule has 0 radical (unpaired) electrons. The predicted octanol–water partition coefficient (Wildman–Crippen LogP) is 0.965. The van der Waals surface area contributed by atoms with Crippen molar-refractivity contribution in [1.29, 1.82) is 0 Å². The van der Waals surface area contributed by atoms with Crippen LogP contribution < -0.4 is 0 Å². The summed E-state index contributed by atoms with van der Waals surface area (Å²) in [6.07, 6.45) is 0.160. The van der Waals surface area contributed by atoms with Crippen LogP contribution in [0.25, 0.3) is 0 Å². The molecular formula is C13H19NO4S. The Hall–Kier alpha value is -1.24. The molecule has 0 amide bonds. The van der Waals surface area contributed by atoms with E-state index in [1.807, 2.05) is 0 Å². The first-order valence-corrected chi connectivity index (χ1v) is 7.74. The Kier molecular flexibility index (Phi) is 5.22. The molecule has 5 nitrogen and oxygen atoms in total. The highest BCUT2D eigenvalue weighted by Gasteiger charge is 2.19. The molecule has 0 fully saturated rings. The van der Waals surface area contributed by atoms with Crippen LogP contribution in [0, 0.1) is 0 Å². The lowest BCUT2D eigenvalue weighted by Gasteiger charge is -2.18. The number of hydrogen-bond acceptors (Lipinski definition) is 5. The number of aliphatic imine (C=N–C) groups is 1. The summed E-state index contributed by atoms with van der Waals surface area (Å²) >= 11 is 0. The number of rotatable bonds is 5. The topological polar surface area (TPSA) is 87.0 Å². The first-order valence-electron chi connectivity index (χ1n) is 5.85. The van der Waals surface area contributed by atoms with E-state index in [-0.39, 0.29) is 11.5 Å². The second-order valence-electron chi connectivity index (χ2n) is 4.61. The van der Waals surface area contributed by atoms with Gasteiger partial charge in [0.15, 0.2) is 9.84 Å². The van der Waals surface area contributed by atoms with E-state index in [9.17, 15) is 18.6 Å². The summed E-state index contributed by atoms with van der Waals surface area (Å²) in [5, 5.41) is 19.3. The van der Waals surface area contributed by atoms with E-state index in [2.05, 4.69) is 4.99 Å². The van der Waals surface area contributed by atoms with E-state index >= 15 is 0 Å². The van der Waals surface area contributed by atoms with Crippen LogP contribution in [-0.4, -0.2) is 43.2 Å². The summed E-state index contributed by atoms with van der Waals surface area (Å²) in [5.41, 5.74) is 1.28. The molecule has 1 aromatic carbocycles. The standard InChI is InChI=1S/C13H19NO4S/c1-9(2)14-12(8-15)13(16)10-4-6-11(7-5-10)19(3,17)18/h4-7,12-13,15-16H,8H2,1-3H3/t12-,13-/m1/s1. The van der Waals surface area contributed by atoms with Crippen molar-refractivity contribution in [1.82, 2.24) is 0 Å². The van der Waals surface area contributed by atoms with Crippen LogP contribution in [0.4, 0.5) is 0 Å². The second-order valence-corrected chi connectivity index (χ2v) is 6.63. The summed E-state index contributed by atoms with van der Waals surface area (Å²) in [6, 6.07) is 5.29. The summed E-state index contributed by atoms with van der Waals surface area (Å²) in [5.74, 6) is 0. The van der Waals surface area contributed by atoms with Gasteiger partial charge in [-0.1, -0.05) is 12.1 Å². The number of hydrogen-bond donors (Lipinski definition) is 2. The fourth-order valence-electron chi connectivity index (χ4n) is 1.68. The molecule has 0 saturated heterocycles. The Balaban J connectivity index is 3.00. The number of sulfone groups is 1. The van der Waals surface area contributed by atoms with E-state index in [0.29, 0.717) is 5.56 Å². The zero-order chi connectivity index (χ0) is 14.6. The molecule has 106 valence electrons. The van der Waals surface area contributed by atoms with Gasteiger partial charge in [0.05, 0.1) is 11.5 Å². The maximum Gasteiger partial charge on any atom is 0.175 e. The normalized spacial score (nSPS) is 14.8. The van der Waals surface area contributed by atoms with Crippen molar-refractivity contribution < 1.29 is 18.6 Å². The fourth-order valence-corrected chi connectivity index (χ4v) is 2.31. The van der Waals surface area contributed by atoms with Gasteiger partial charge in [-0.25, -0.2) is 8.42 Å². The molecule has 2 atom stereocenters. The Morgan fingerprint density at radius 2 is 1.79 bits per heavy atom. The molecule has 0 aliphatic carbocycles. The van der Waals surface area contributed by atoms with E-state index in [4.69, 9.17) is 0 Å². The Morgan fingerprint density at radius 3 is 2.16 bits per heavy atom. The smallest absolute Gasteiger partial charge is 0.175 e. The highest BCUT2D eigenvalue weighted by molar-refractivity contribution is 7.90. The summed E-state index contributed by atoms with van der Waals surface area (Å²) < 4.78 is 22.7. The van der Waals surface area contributed by atoms with Crippen LogP contribution >= 0.6 is 0 Å². The molecular weight excluding hydrogens is 266 g/mol. The molecule has 19 heavy (non-hydrogen) atoms. The maximum atomic E-state index is 11.3. The van der Waals surface area contributed by atoms with Gasteiger partial charge in [0.1, 0.15) is 12.1 Å². The van der Waals surface area contributed by atoms with Crippen molar-refractivity contribution in [3.63, 3.8) is 0 Å². The lowest BCUT2D eigenvalue weighted by Crippen LogP contribution is -2.21. The Bertz CT molecular complexity index is 545. The minimum atomic E-state index is -3.25. The van der Waals surface area contributed by atoms with Crippen molar-refractivity contribution in [3.05, 3.63) is 29.8 Å².